The van der Waals surface area contributed by atoms with Crippen LogP contribution in [-0.4, -0.2) is 46.6 Å². The summed E-state index contributed by atoms with van der Waals surface area (Å²) in [6.07, 6.45) is 2.24. The first-order valence-electron chi connectivity index (χ1n) is 10.3. The van der Waals surface area contributed by atoms with E-state index in [-0.39, 0.29) is 17.3 Å². The van der Waals surface area contributed by atoms with E-state index in [9.17, 15) is 29.1 Å². The third kappa shape index (κ3) is 5.07. The standard InChI is InChI=1S/C21H23N5O7P2/c1-33-20-24-18(23-15-7-5-14(6-8-15)21(28,34-29)35(30,31)32)17-19(25-20)26(12-22-17)10-9-13-3-2-4-16(27)11-13/h2-8,11-12,27-28H,9-10,34H2,1H3,(H,23,24,25)(H2,30,31,32). The summed E-state index contributed by atoms with van der Waals surface area (Å²) in [6, 6.07) is 12.5. The maximum Gasteiger partial charge on any atom is 0.368 e. The molecule has 0 spiro atoms. The first-order chi connectivity index (χ1) is 16.6. The number of fused-ring (bicyclic) bond motifs is 1. The Kier molecular flexibility index (Phi) is 6.93. The lowest BCUT2D eigenvalue weighted by Gasteiger charge is -2.23. The molecule has 4 aromatic rings. The molecule has 2 unspecified atom stereocenters. The van der Waals surface area contributed by atoms with Crippen LogP contribution in [0.25, 0.3) is 11.2 Å². The highest BCUT2D eigenvalue weighted by Crippen LogP contribution is 2.61. The molecule has 5 N–H and O–H groups in total. The van der Waals surface area contributed by atoms with Crippen molar-refractivity contribution in [3.05, 3.63) is 66.0 Å². The molecule has 0 radical (unpaired) electrons. The van der Waals surface area contributed by atoms with Gasteiger partial charge in [-0.05, 0) is 36.2 Å². The van der Waals surface area contributed by atoms with Crippen LogP contribution in [0.2, 0.25) is 0 Å². The smallest absolute Gasteiger partial charge is 0.368 e. The van der Waals surface area contributed by atoms with Gasteiger partial charge in [0.1, 0.15) is 14.2 Å². The van der Waals surface area contributed by atoms with E-state index in [0.29, 0.717) is 35.6 Å². The summed E-state index contributed by atoms with van der Waals surface area (Å²) in [6.45, 7) is 0.534. The van der Waals surface area contributed by atoms with Crippen molar-refractivity contribution in [2.45, 2.75) is 18.0 Å². The van der Waals surface area contributed by atoms with Crippen molar-refractivity contribution in [1.29, 1.82) is 0 Å². The van der Waals surface area contributed by atoms with Crippen LogP contribution in [0.5, 0.6) is 11.8 Å². The zero-order valence-corrected chi connectivity index (χ0v) is 20.5. The van der Waals surface area contributed by atoms with Gasteiger partial charge in [0.05, 0.1) is 13.4 Å². The number of nitrogens with one attached hydrogen (secondary N) is 1. The van der Waals surface area contributed by atoms with E-state index in [4.69, 9.17) is 4.74 Å². The molecule has 0 bridgehead atoms. The molecule has 0 saturated heterocycles. The lowest BCUT2D eigenvalue weighted by molar-refractivity contribution is 0.168. The molecule has 184 valence electrons. The number of ether oxygens (including phenoxy) is 1. The zero-order valence-electron chi connectivity index (χ0n) is 18.4. The topological polar surface area (TPSA) is 180 Å². The van der Waals surface area contributed by atoms with Crippen LogP contribution >= 0.6 is 16.1 Å². The number of phenolic OH excluding ortho intramolecular Hbond substituents is 1. The van der Waals surface area contributed by atoms with Crippen molar-refractivity contribution in [2.24, 2.45) is 0 Å². The molecule has 14 heteroatoms. The normalized spacial score (nSPS) is 13.8. The Morgan fingerprint density at radius 2 is 1.91 bits per heavy atom. The molecule has 35 heavy (non-hydrogen) atoms. The summed E-state index contributed by atoms with van der Waals surface area (Å²) < 4.78 is 30.1. The minimum Gasteiger partial charge on any atom is -0.508 e. The van der Waals surface area contributed by atoms with Gasteiger partial charge < -0.3 is 39.2 Å². The van der Waals surface area contributed by atoms with Gasteiger partial charge in [-0.1, -0.05) is 24.3 Å². The van der Waals surface area contributed by atoms with Gasteiger partial charge in [-0.15, -0.1) is 0 Å². The molecular weight excluding hydrogens is 496 g/mol. The number of imidazole rings is 1. The van der Waals surface area contributed by atoms with Crippen LogP contribution in [0.3, 0.4) is 0 Å². The quantitative estimate of drug-likeness (QED) is 0.205. The molecule has 0 saturated carbocycles. The van der Waals surface area contributed by atoms with Crippen LogP contribution in [0.15, 0.2) is 54.9 Å². The summed E-state index contributed by atoms with van der Waals surface area (Å²) in [7, 11) is -5.84. The zero-order chi connectivity index (χ0) is 25.2. The minimum atomic E-state index is -5.07. The van der Waals surface area contributed by atoms with E-state index in [1.165, 1.54) is 31.4 Å². The molecule has 2 heterocycles. The van der Waals surface area contributed by atoms with Gasteiger partial charge >= 0.3 is 13.6 Å². The lowest BCUT2D eigenvalue weighted by Crippen LogP contribution is -2.18. The molecule has 0 aliphatic heterocycles. The summed E-state index contributed by atoms with van der Waals surface area (Å²) >= 11 is 0. The second-order valence-corrected chi connectivity index (χ2v) is 11.0. The molecule has 0 aliphatic carbocycles. The molecule has 4 rings (SSSR count). The average Bonchev–Trinajstić information content (AvgIpc) is 3.25. The molecule has 2 atom stereocenters. The maximum absolute atomic E-state index is 11.6. The van der Waals surface area contributed by atoms with Gasteiger partial charge in [0.25, 0.3) is 0 Å². The number of anilines is 2. The second kappa shape index (κ2) is 9.77. The second-order valence-electron chi connectivity index (χ2n) is 7.68. The summed E-state index contributed by atoms with van der Waals surface area (Å²) in [5.74, 6) is 0.519. The number of aromatic hydroxyl groups is 1. The van der Waals surface area contributed by atoms with E-state index < -0.39 is 21.1 Å². The van der Waals surface area contributed by atoms with Crippen molar-refractivity contribution in [2.75, 3.05) is 12.4 Å². The largest absolute Gasteiger partial charge is 0.508 e. The SMILES string of the molecule is COc1nc(Nc2ccc(C(O)([PH2]=O)P(=O)(O)O)cc2)c2ncn(CCc3cccc(O)c3)c2n1. The van der Waals surface area contributed by atoms with Gasteiger partial charge in [0, 0.05) is 17.8 Å². The Morgan fingerprint density at radius 1 is 1.17 bits per heavy atom. The minimum absolute atomic E-state index is 0.0987. The predicted molar refractivity (Wildman–Crippen MR) is 130 cm³/mol. The van der Waals surface area contributed by atoms with Gasteiger partial charge in [0.2, 0.25) is 5.08 Å². The number of benzene rings is 2. The fraction of sp³-hybridized carbons (Fsp3) is 0.190. The van der Waals surface area contributed by atoms with Gasteiger partial charge in [-0.25, -0.2) is 4.98 Å². The van der Waals surface area contributed by atoms with Crippen LogP contribution in [0.4, 0.5) is 11.5 Å². The fourth-order valence-corrected chi connectivity index (χ4v) is 4.83. The number of rotatable bonds is 9. The molecule has 0 amide bonds. The van der Waals surface area contributed by atoms with Crippen molar-refractivity contribution >= 4 is 38.7 Å². The third-order valence-corrected chi connectivity index (χ3v) is 8.49. The van der Waals surface area contributed by atoms with Gasteiger partial charge in [-0.3, -0.25) is 4.57 Å². The van der Waals surface area contributed by atoms with Gasteiger partial charge in [0.15, 0.2) is 17.0 Å². The third-order valence-electron chi connectivity index (χ3n) is 5.36. The predicted octanol–water partition coefficient (Wildman–Crippen LogP) is 2.56. The van der Waals surface area contributed by atoms with Crippen molar-refractivity contribution in [1.82, 2.24) is 19.5 Å². The van der Waals surface area contributed by atoms with E-state index in [0.717, 1.165) is 5.56 Å². The van der Waals surface area contributed by atoms with E-state index in [2.05, 4.69) is 20.3 Å². The highest BCUT2D eigenvalue weighted by molar-refractivity contribution is 7.62. The van der Waals surface area contributed by atoms with E-state index in [1.807, 2.05) is 10.6 Å². The summed E-state index contributed by atoms with van der Waals surface area (Å²) in [5.41, 5.74) is 2.23. The van der Waals surface area contributed by atoms with Crippen molar-refractivity contribution in [3.8, 4) is 11.8 Å². The molecule has 12 nitrogen and oxygen atoms in total. The number of phenols is 1. The van der Waals surface area contributed by atoms with Crippen molar-refractivity contribution in [3.63, 3.8) is 0 Å². The molecule has 0 fully saturated rings. The molecule has 0 aliphatic rings. The van der Waals surface area contributed by atoms with E-state index in [1.54, 1.807) is 24.5 Å². The highest BCUT2D eigenvalue weighted by atomic mass is 31.2. The Labute approximate surface area is 200 Å². The Balaban J connectivity index is 1.62. The van der Waals surface area contributed by atoms with Crippen LogP contribution < -0.4 is 10.1 Å². The molecular formula is C21H23N5O7P2. The highest BCUT2D eigenvalue weighted by Gasteiger charge is 2.46. The Hall–Kier alpha value is -3.27. The fourth-order valence-electron chi connectivity index (χ4n) is 3.47. The number of methoxy groups -OCH3 is 1. The summed E-state index contributed by atoms with van der Waals surface area (Å²) in [5, 5.41) is 20.3. The first-order valence-corrected chi connectivity index (χ1v) is 13.0. The number of hydrogen-bond acceptors (Lipinski definition) is 9. The van der Waals surface area contributed by atoms with Crippen LogP contribution in [-0.2, 0) is 27.2 Å². The number of aromatic nitrogens is 4. The molecule has 2 aromatic heterocycles. The van der Waals surface area contributed by atoms with Crippen molar-refractivity contribution < 1.29 is 33.9 Å². The first kappa shape index (κ1) is 24.8. The Morgan fingerprint density at radius 3 is 2.54 bits per heavy atom. The number of nitrogens with zero attached hydrogens (tertiary/aromatic N) is 4. The van der Waals surface area contributed by atoms with E-state index >= 15 is 0 Å². The average molecular weight is 519 g/mol. The Bertz CT molecular complexity index is 1420. The number of aliphatic hydroxyl groups is 1. The maximum atomic E-state index is 11.6. The van der Waals surface area contributed by atoms with Crippen LogP contribution in [0.1, 0.15) is 11.1 Å². The summed E-state index contributed by atoms with van der Waals surface area (Å²) in [4.78, 5) is 32.0. The number of aryl methyl sites for hydroxylation is 2. The number of hydrogen-bond donors (Lipinski definition) is 5. The van der Waals surface area contributed by atoms with Gasteiger partial charge in [-0.2, -0.15) is 9.97 Å². The van der Waals surface area contributed by atoms with Crippen LogP contribution in [0, 0.1) is 0 Å². The molecule has 2 aromatic carbocycles. The monoisotopic (exact) mass is 519 g/mol. The lowest BCUT2D eigenvalue weighted by atomic mass is 10.1.